The second-order valence-electron chi connectivity index (χ2n) is 6.80. The summed E-state index contributed by atoms with van der Waals surface area (Å²) in [5.74, 6) is -0.491. The molecule has 1 aliphatic heterocycles. The van der Waals surface area contributed by atoms with Gasteiger partial charge in [0.1, 0.15) is 0 Å². The number of carboxylic acid groups (broad SMARTS) is 1. The topological polar surface area (TPSA) is 57.6 Å². The fourth-order valence-electron chi connectivity index (χ4n) is 2.85. The van der Waals surface area contributed by atoms with Crippen molar-refractivity contribution in [2.45, 2.75) is 34.1 Å². The van der Waals surface area contributed by atoms with Gasteiger partial charge in [0.05, 0.1) is 5.56 Å². The predicted octanol–water partition coefficient (Wildman–Crippen LogP) is 3.20. The monoisotopic (exact) mass is 289 g/mol. The Morgan fingerprint density at radius 1 is 1.24 bits per heavy atom. The van der Waals surface area contributed by atoms with E-state index in [9.17, 15) is 9.59 Å². The summed E-state index contributed by atoms with van der Waals surface area (Å²) in [6.45, 7) is 9.83. The molecule has 1 fully saturated rings. The van der Waals surface area contributed by atoms with Gasteiger partial charge in [-0.05, 0) is 48.4 Å². The van der Waals surface area contributed by atoms with E-state index in [-0.39, 0.29) is 16.9 Å². The third-order valence-electron chi connectivity index (χ3n) is 4.62. The van der Waals surface area contributed by atoms with Gasteiger partial charge in [0.25, 0.3) is 5.91 Å². The van der Waals surface area contributed by atoms with Gasteiger partial charge in [0, 0.05) is 18.7 Å². The molecule has 1 amide bonds. The van der Waals surface area contributed by atoms with Gasteiger partial charge in [0.15, 0.2) is 0 Å². The van der Waals surface area contributed by atoms with Crippen LogP contribution in [0.25, 0.3) is 0 Å². The molecule has 4 nitrogen and oxygen atoms in total. The number of benzene rings is 1. The molecular formula is C17H23NO3. The number of hydrogen-bond acceptors (Lipinski definition) is 2. The Hall–Kier alpha value is -1.84. The van der Waals surface area contributed by atoms with Crippen molar-refractivity contribution in [3.63, 3.8) is 0 Å². The van der Waals surface area contributed by atoms with Crippen molar-refractivity contribution in [1.29, 1.82) is 0 Å². The average molecular weight is 289 g/mol. The first-order chi connectivity index (χ1) is 9.70. The summed E-state index contributed by atoms with van der Waals surface area (Å²) in [5, 5.41) is 9.12. The average Bonchev–Trinajstić information content (AvgIpc) is 2.40. The molecule has 1 aliphatic rings. The van der Waals surface area contributed by atoms with Crippen LogP contribution in [-0.2, 0) is 0 Å². The van der Waals surface area contributed by atoms with Crippen molar-refractivity contribution >= 4 is 11.9 Å². The van der Waals surface area contributed by atoms with Crippen molar-refractivity contribution in [2.24, 2.45) is 11.3 Å². The summed E-state index contributed by atoms with van der Waals surface area (Å²) in [7, 11) is 0. The Bertz CT molecular complexity index is 577. The number of aromatic carboxylic acids is 1. The Kier molecular flexibility index (Phi) is 4.08. The highest BCUT2D eigenvalue weighted by atomic mass is 16.4. The van der Waals surface area contributed by atoms with Crippen molar-refractivity contribution in [3.05, 3.63) is 34.9 Å². The Morgan fingerprint density at radius 3 is 2.43 bits per heavy atom. The summed E-state index contributed by atoms with van der Waals surface area (Å²) in [4.78, 5) is 25.6. The van der Waals surface area contributed by atoms with Crippen molar-refractivity contribution in [1.82, 2.24) is 4.90 Å². The minimum Gasteiger partial charge on any atom is -0.478 e. The van der Waals surface area contributed by atoms with Crippen LogP contribution in [0.3, 0.4) is 0 Å². The smallest absolute Gasteiger partial charge is 0.335 e. The van der Waals surface area contributed by atoms with Crippen molar-refractivity contribution in [3.8, 4) is 0 Å². The third kappa shape index (κ3) is 3.26. The van der Waals surface area contributed by atoms with Gasteiger partial charge in [0.2, 0.25) is 0 Å². The zero-order chi connectivity index (χ0) is 15.8. The van der Waals surface area contributed by atoms with E-state index in [1.807, 2.05) is 11.8 Å². The minimum absolute atomic E-state index is 0.0684. The molecule has 1 aromatic rings. The van der Waals surface area contributed by atoms with Gasteiger partial charge >= 0.3 is 5.97 Å². The number of carboxylic acids is 1. The molecule has 0 radical (unpaired) electrons. The van der Waals surface area contributed by atoms with E-state index >= 15 is 0 Å². The molecule has 4 heteroatoms. The van der Waals surface area contributed by atoms with E-state index in [4.69, 9.17) is 5.11 Å². The number of nitrogens with zero attached hydrogens (tertiary/aromatic N) is 1. The molecule has 114 valence electrons. The molecular weight excluding hydrogens is 266 g/mol. The SMILES string of the molecule is Cc1cc(C(=O)O)cc(C(=O)N2CCC(C)C(C)(C)C2)c1. The Morgan fingerprint density at radius 2 is 1.86 bits per heavy atom. The standard InChI is InChI=1S/C17H23NO3/c1-11-7-13(9-14(8-11)16(20)21)15(19)18-6-5-12(2)17(3,4)10-18/h7-9,12H,5-6,10H2,1-4H3,(H,20,21). The molecule has 0 spiro atoms. The molecule has 21 heavy (non-hydrogen) atoms. The van der Waals surface area contributed by atoms with Crippen LogP contribution in [0.4, 0.5) is 0 Å². The number of hydrogen-bond donors (Lipinski definition) is 1. The number of likely N-dealkylation sites (tertiary alicyclic amines) is 1. The summed E-state index contributed by atoms with van der Waals surface area (Å²) in [6.07, 6.45) is 0.982. The van der Waals surface area contributed by atoms with E-state index in [1.165, 1.54) is 6.07 Å². The van der Waals surface area contributed by atoms with E-state index in [0.717, 1.165) is 18.5 Å². The maximum atomic E-state index is 12.7. The third-order valence-corrected chi connectivity index (χ3v) is 4.62. The lowest BCUT2D eigenvalue weighted by Gasteiger charge is -2.43. The van der Waals surface area contributed by atoms with Gasteiger partial charge < -0.3 is 10.0 Å². The first-order valence-electron chi connectivity index (χ1n) is 7.35. The fourth-order valence-corrected chi connectivity index (χ4v) is 2.85. The number of carbonyl (C=O) groups excluding carboxylic acids is 1. The van der Waals surface area contributed by atoms with Crippen LogP contribution in [-0.4, -0.2) is 35.0 Å². The van der Waals surface area contributed by atoms with Crippen LogP contribution in [0.1, 0.15) is 53.5 Å². The molecule has 0 saturated carbocycles. The predicted molar refractivity (Wildman–Crippen MR) is 81.6 cm³/mol. The molecule has 2 rings (SSSR count). The van der Waals surface area contributed by atoms with Gasteiger partial charge in [-0.2, -0.15) is 0 Å². The summed E-state index contributed by atoms with van der Waals surface area (Å²) in [5.41, 5.74) is 1.52. The highest BCUT2D eigenvalue weighted by Gasteiger charge is 2.35. The molecule has 1 heterocycles. The van der Waals surface area contributed by atoms with Crippen molar-refractivity contribution < 1.29 is 14.7 Å². The molecule has 1 atom stereocenters. The highest BCUT2D eigenvalue weighted by molar-refractivity contribution is 5.97. The number of carbonyl (C=O) groups is 2. The lowest BCUT2D eigenvalue weighted by atomic mass is 9.75. The van der Waals surface area contributed by atoms with Crippen LogP contribution in [0.2, 0.25) is 0 Å². The number of amides is 1. The molecule has 0 aromatic heterocycles. The number of rotatable bonds is 2. The lowest BCUT2D eigenvalue weighted by Crippen LogP contribution is -2.47. The van der Waals surface area contributed by atoms with Crippen LogP contribution in [0, 0.1) is 18.3 Å². The van der Waals surface area contributed by atoms with Crippen LogP contribution in [0.5, 0.6) is 0 Å². The van der Waals surface area contributed by atoms with Gasteiger partial charge in [-0.15, -0.1) is 0 Å². The molecule has 1 unspecified atom stereocenters. The van der Waals surface area contributed by atoms with E-state index < -0.39 is 5.97 Å². The van der Waals surface area contributed by atoms with Crippen molar-refractivity contribution in [2.75, 3.05) is 13.1 Å². The normalized spacial score (nSPS) is 21.1. The minimum atomic E-state index is -1.000. The van der Waals surface area contributed by atoms with E-state index in [1.54, 1.807) is 12.1 Å². The Balaban J connectivity index is 2.26. The maximum Gasteiger partial charge on any atom is 0.335 e. The van der Waals surface area contributed by atoms with Crippen LogP contribution in [0.15, 0.2) is 18.2 Å². The zero-order valence-corrected chi connectivity index (χ0v) is 13.1. The van der Waals surface area contributed by atoms with Gasteiger partial charge in [-0.3, -0.25) is 4.79 Å². The summed E-state index contributed by atoms with van der Waals surface area (Å²) in [6, 6.07) is 4.82. The molecule has 1 aromatic carbocycles. The van der Waals surface area contributed by atoms with Gasteiger partial charge in [-0.1, -0.05) is 20.8 Å². The molecule has 0 bridgehead atoms. The second kappa shape index (κ2) is 5.51. The molecule has 1 saturated heterocycles. The highest BCUT2D eigenvalue weighted by Crippen LogP contribution is 2.34. The number of piperidine rings is 1. The second-order valence-corrected chi connectivity index (χ2v) is 6.80. The maximum absolute atomic E-state index is 12.7. The van der Waals surface area contributed by atoms with Gasteiger partial charge in [-0.25, -0.2) is 4.79 Å². The summed E-state index contributed by atoms with van der Waals surface area (Å²) >= 11 is 0. The van der Waals surface area contributed by atoms with Crippen LogP contribution >= 0.6 is 0 Å². The van der Waals surface area contributed by atoms with Crippen LogP contribution < -0.4 is 0 Å². The molecule has 1 N–H and O–H groups in total. The first kappa shape index (κ1) is 15.5. The Labute approximate surface area is 125 Å². The zero-order valence-electron chi connectivity index (χ0n) is 13.1. The quantitative estimate of drug-likeness (QED) is 0.909. The van der Waals surface area contributed by atoms with E-state index in [2.05, 4.69) is 20.8 Å². The lowest BCUT2D eigenvalue weighted by molar-refractivity contribution is 0.0427. The molecule has 0 aliphatic carbocycles. The fraction of sp³-hybridized carbons (Fsp3) is 0.529. The first-order valence-corrected chi connectivity index (χ1v) is 7.35. The largest absolute Gasteiger partial charge is 0.478 e. The number of aryl methyl sites for hydroxylation is 1. The van der Waals surface area contributed by atoms with E-state index in [0.29, 0.717) is 18.0 Å². The summed E-state index contributed by atoms with van der Waals surface area (Å²) < 4.78 is 0.